The molecule has 1 aliphatic carbocycles. The van der Waals surface area contributed by atoms with Crippen molar-refractivity contribution in [3.05, 3.63) is 64.7 Å². The Hall–Kier alpha value is -3.88. The van der Waals surface area contributed by atoms with E-state index < -0.39 is 29.3 Å². The first-order chi connectivity index (χ1) is 19.9. The summed E-state index contributed by atoms with van der Waals surface area (Å²) in [7, 11) is 3.44. The van der Waals surface area contributed by atoms with Crippen molar-refractivity contribution in [2.75, 3.05) is 64.2 Å². The van der Waals surface area contributed by atoms with Crippen molar-refractivity contribution in [3.8, 4) is 0 Å². The van der Waals surface area contributed by atoms with E-state index in [0.717, 1.165) is 6.07 Å². The standard InChI is InChI=1S/C28H32F4N6O4/c1-17-23(15-33-26(34-17)18-4-5-24(39)25(13-18)42-11-10-41-3)36-27(40)35-22-14-20(28(30,31)32)19(12-21(22)29)16-38-8-6-37(2)7-9-38/h4,12-15H,5-11,16H2,1-3H3,(H2,35,36,40). The molecule has 1 aliphatic heterocycles. The van der Waals surface area contributed by atoms with Gasteiger partial charge in [0.15, 0.2) is 11.6 Å². The number of allylic oxidation sites excluding steroid dienone is 4. The summed E-state index contributed by atoms with van der Waals surface area (Å²) in [6.45, 7) is 4.56. The lowest BCUT2D eigenvalue weighted by atomic mass is 10.0. The van der Waals surface area contributed by atoms with E-state index in [0.29, 0.717) is 50.1 Å². The van der Waals surface area contributed by atoms with Crippen molar-refractivity contribution in [2.45, 2.75) is 26.1 Å². The summed E-state index contributed by atoms with van der Waals surface area (Å²) in [6.07, 6.45) is -0.174. The number of benzene rings is 1. The molecule has 14 heteroatoms. The second kappa shape index (κ2) is 13.4. The summed E-state index contributed by atoms with van der Waals surface area (Å²) >= 11 is 0. The summed E-state index contributed by atoms with van der Waals surface area (Å²) in [5.41, 5.74) is -0.787. The highest BCUT2D eigenvalue weighted by Crippen LogP contribution is 2.36. The smallest absolute Gasteiger partial charge is 0.416 e. The zero-order valence-electron chi connectivity index (χ0n) is 23.5. The van der Waals surface area contributed by atoms with Crippen LogP contribution < -0.4 is 10.6 Å². The Bertz CT molecular complexity index is 1390. The van der Waals surface area contributed by atoms with Crippen LogP contribution in [0.2, 0.25) is 0 Å². The molecule has 2 heterocycles. The molecule has 1 saturated heterocycles. The van der Waals surface area contributed by atoms with Gasteiger partial charge >= 0.3 is 12.2 Å². The van der Waals surface area contributed by atoms with Crippen molar-refractivity contribution >= 4 is 28.8 Å². The fourth-order valence-electron chi connectivity index (χ4n) is 4.45. The average Bonchev–Trinajstić information content (AvgIpc) is 2.93. The molecule has 0 bridgehead atoms. The molecule has 1 aromatic carbocycles. The lowest BCUT2D eigenvalue weighted by Gasteiger charge is -2.33. The lowest BCUT2D eigenvalue weighted by molar-refractivity contribution is -0.138. The number of piperazine rings is 1. The average molecular weight is 593 g/mol. The molecular formula is C28H32F4N6O4. The third kappa shape index (κ3) is 7.89. The number of anilines is 2. The van der Waals surface area contributed by atoms with Crippen molar-refractivity contribution < 1.29 is 36.6 Å². The molecule has 0 radical (unpaired) electrons. The van der Waals surface area contributed by atoms with Gasteiger partial charge in [0.25, 0.3) is 0 Å². The number of nitrogens with zero attached hydrogens (tertiary/aromatic N) is 4. The molecule has 2 amide bonds. The van der Waals surface area contributed by atoms with E-state index in [1.165, 1.54) is 19.4 Å². The van der Waals surface area contributed by atoms with Crippen LogP contribution in [0, 0.1) is 12.7 Å². The summed E-state index contributed by atoms with van der Waals surface area (Å²) in [6, 6.07) is 0.468. The minimum absolute atomic E-state index is 0.0600. The lowest BCUT2D eigenvalue weighted by Crippen LogP contribution is -2.44. The Kier molecular flexibility index (Phi) is 9.91. The number of carbonyl (C=O) groups excluding carboxylic acids is 2. The molecule has 4 rings (SSSR count). The van der Waals surface area contributed by atoms with Crippen molar-refractivity contribution in [2.24, 2.45) is 0 Å². The number of rotatable bonds is 9. The minimum Gasteiger partial charge on any atom is -0.487 e. The van der Waals surface area contributed by atoms with E-state index in [-0.39, 0.29) is 48.2 Å². The second-order valence-corrected chi connectivity index (χ2v) is 9.97. The Morgan fingerprint density at radius 1 is 1.10 bits per heavy atom. The fourth-order valence-corrected chi connectivity index (χ4v) is 4.45. The van der Waals surface area contributed by atoms with Crippen LogP contribution >= 0.6 is 0 Å². The number of aromatic nitrogens is 2. The van der Waals surface area contributed by atoms with Crippen LogP contribution in [0.5, 0.6) is 0 Å². The van der Waals surface area contributed by atoms with E-state index >= 15 is 0 Å². The van der Waals surface area contributed by atoms with Gasteiger partial charge in [-0.15, -0.1) is 0 Å². The quantitative estimate of drug-likeness (QED) is 0.329. The molecule has 10 nitrogen and oxygen atoms in total. The molecule has 2 aromatic rings. The van der Waals surface area contributed by atoms with Gasteiger partial charge in [-0.2, -0.15) is 13.2 Å². The van der Waals surface area contributed by atoms with Gasteiger partial charge in [-0.1, -0.05) is 6.08 Å². The van der Waals surface area contributed by atoms with Crippen LogP contribution in [0.25, 0.3) is 5.57 Å². The van der Waals surface area contributed by atoms with E-state index in [9.17, 15) is 27.2 Å². The topological polar surface area (TPSA) is 109 Å². The summed E-state index contributed by atoms with van der Waals surface area (Å²) in [4.78, 5) is 37.2. The molecule has 2 aliphatic rings. The van der Waals surface area contributed by atoms with Crippen LogP contribution in [0.4, 0.5) is 33.7 Å². The highest BCUT2D eigenvalue weighted by Gasteiger charge is 2.35. The molecule has 42 heavy (non-hydrogen) atoms. The van der Waals surface area contributed by atoms with Crippen molar-refractivity contribution in [1.29, 1.82) is 0 Å². The maximum absolute atomic E-state index is 14.9. The Morgan fingerprint density at radius 2 is 1.81 bits per heavy atom. The monoisotopic (exact) mass is 592 g/mol. The van der Waals surface area contributed by atoms with Gasteiger partial charge in [0.2, 0.25) is 5.78 Å². The van der Waals surface area contributed by atoms with Gasteiger partial charge in [-0.3, -0.25) is 9.69 Å². The normalized spacial score (nSPS) is 16.6. The van der Waals surface area contributed by atoms with Gasteiger partial charge in [0.05, 0.1) is 35.4 Å². The zero-order valence-corrected chi connectivity index (χ0v) is 23.5. The first kappa shape index (κ1) is 31.1. The number of halogens is 4. The predicted molar refractivity (Wildman–Crippen MR) is 147 cm³/mol. The number of aryl methyl sites for hydroxylation is 1. The molecule has 2 N–H and O–H groups in total. The van der Waals surface area contributed by atoms with E-state index in [1.54, 1.807) is 13.0 Å². The van der Waals surface area contributed by atoms with Crippen LogP contribution in [0.1, 0.15) is 29.1 Å². The minimum atomic E-state index is -4.75. The SMILES string of the molecule is COCCOC1=CC(c2ncc(NC(=O)Nc3cc(C(F)(F)F)c(CN4CCN(C)CC4)cc3F)c(C)n2)=CCC1=O. The van der Waals surface area contributed by atoms with Gasteiger partial charge in [-0.05, 0) is 37.7 Å². The Labute approximate surface area is 240 Å². The number of amides is 2. The van der Waals surface area contributed by atoms with Crippen molar-refractivity contribution in [1.82, 2.24) is 19.8 Å². The number of methoxy groups -OCH3 is 1. The van der Waals surface area contributed by atoms with Crippen LogP contribution in [0.15, 0.2) is 36.2 Å². The number of urea groups is 1. The second-order valence-electron chi connectivity index (χ2n) is 9.97. The number of hydrogen-bond acceptors (Lipinski definition) is 8. The van der Waals surface area contributed by atoms with Crippen LogP contribution in [-0.2, 0) is 27.0 Å². The zero-order chi connectivity index (χ0) is 30.4. The van der Waals surface area contributed by atoms with Gasteiger partial charge in [0.1, 0.15) is 12.4 Å². The predicted octanol–water partition coefficient (Wildman–Crippen LogP) is 4.24. The van der Waals surface area contributed by atoms with E-state index in [1.807, 2.05) is 11.9 Å². The molecule has 0 unspecified atom stereocenters. The summed E-state index contributed by atoms with van der Waals surface area (Å²) < 4.78 is 67.0. The number of nitrogens with one attached hydrogen (secondary N) is 2. The third-order valence-electron chi connectivity index (χ3n) is 6.84. The number of ether oxygens (including phenoxy) is 2. The third-order valence-corrected chi connectivity index (χ3v) is 6.84. The Morgan fingerprint density at radius 3 is 2.48 bits per heavy atom. The molecule has 1 fully saturated rings. The first-order valence-corrected chi connectivity index (χ1v) is 13.2. The fraction of sp³-hybridized carbons (Fsp3) is 0.429. The highest BCUT2D eigenvalue weighted by atomic mass is 19.4. The van der Waals surface area contributed by atoms with E-state index in [2.05, 4.69) is 25.5 Å². The molecule has 1 aromatic heterocycles. The summed E-state index contributed by atoms with van der Waals surface area (Å²) in [5, 5.41) is 4.61. The number of Topliss-reactive ketones (excluding diaryl/α,β-unsaturated/α-hetero) is 1. The molecule has 0 saturated carbocycles. The highest BCUT2D eigenvalue weighted by molar-refractivity contribution is 6.01. The summed E-state index contributed by atoms with van der Waals surface area (Å²) in [5.74, 6) is -0.757. The molecular weight excluding hydrogens is 560 g/mol. The number of hydrogen-bond donors (Lipinski definition) is 2. The van der Waals surface area contributed by atoms with E-state index in [4.69, 9.17) is 9.47 Å². The number of carbonyl (C=O) groups is 2. The number of alkyl halides is 3. The van der Waals surface area contributed by atoms with Crippen LogP contribution in [0.3, 0.4) is 0 Å². The van der Waals surface area contributed by atoms with Gasteiger partial charge < -0.3 is 25.0 Å². The molecule has 0 spiro atoms. The number of ketones is 1. The molecule has 226 valence electrons. The van der Waals surface area contributed by atoms with Gasteiger partial charge in [0, 0.05) is 51.8 Å². The van der Waals surface area contributed by atoms with Crippen molar-refractivity contribution in [3.63, 3.8) is 0 Å². The van der Waals surface area contributed by atoms with Gasteiger partial charge in [-0.25, -0.2) is 19.2 Å². The molecule has 0 atom stereocenters. The largest absolute Gasteiger partial charge is 0.487 e. The maximum atomic E-state index is 14.9. The number of likely N-dealkylation sites (N-methyl/N-ethyl adjacent to an activating group) is 1. The Balaban J connectivity index is 1.46. The van der Waals surface area contributed by atoms with Crippen LogP contribution in [-0.4, -0.2) is 85.1 Å². The first-order valence-electron chi connectivity index (χ1n) is 13.2. The maximum Gasteiger partial charge on any atom is 0.416 e.